The van der Waals surface area contributed by atoms with Crippen molar-refractivity contribution in [3.63, 3.8) is 0 Å². The second-order valence-corrected chi connectivity index (χ2v) is 11.5. The number of benzene rings is 1. The molecular formula is C37H49N7O6. The van der Waals surface area contributed by atoms with E-state index < -0.39 is 18.4 Å². The Bertz CT molecular complexity index is 1450. The summed E-state index contributed by atoms with van der Waals surface area (Å²) in [5.41, 5.74) is 4.70. The first kappa shape index (κ1) is 39.8. The second kappa shape index (κ2) is 22.9. The van der Waals surface area contributed by atoms with Crippen molar-refractivity contribution < 1.29 is 29.6 Å². The molecule has 0 saturated carbocycles. The van der Waals surface area contributed by atoms with Crippen LogP contribution in [0.25, 0.3) is 0 Å². The molecule has 2 amide bonds. The first-order valence-electron chi connectivity index (χ1n) is 16.6. The fourth-order valence-electron chi connectivity index (χ4n) is 5.17. The molecule has 1 saturated heterocycles. The zero-order chi connectivity index (χ0) is 36.0. The summed E-state index contributed by atoms with van der Waals surface area (Å²) in [6, 6.07) is 24.5. The standard InChI is InChI=1S/C22H27N5.C14H18N2O5.CH4O/c1-2-26(17-20-9-3-6-12-23-20)15-16-27(18-21-10-4-7-13-24-21)19-22-11-5-8-14-25-22;17-8-15-10-3-1-9(2-4-10)5-13(19)16-12-6-11(18)7-21-14(12)20;1-2/h3-14H,2,15-19H2,1H3;1-4,8,11-12,14,18,20H,5-7H2,(H,15,17)(H,16,19);2H,1H3/t;11-,12+,14?;/m.0./s1. The van der Waals surface area contributed by atoms with Crippen LogP contribution in [-0.4, -0.2) is 104 Å². The number of aromatic nitrogens is 3. The van der Waals surface area contributed by atoms with Crippen LogP contribution in [0.15, 0.2) is 97.5 Å². The molecule has 5 rings (SSSR count). The minimum absolute atomic E-state index is 0.0682. The van der Waals surface area contributed by atoms with Gasteiger partial charge in [-0.1, -0.05) is 37.3 Å². The van der Waals surface area contributed by atoms with Crippen LogP contribution in [0, 0.1) is 0 Å². The first-order chi connectivity index (χ1) is 24.4. The molecule has 13 heteroatoms. The molecular weight excluding hydrogens is 638 g/mol. The monoisotopic (exact) mass is 687 g/mol. The van der Waals surface area contributed by atoms with Gasteiger partial charge in [-0.3, -0.25) is 34.3 Å². The third kappa shape index (κ3) is 14.9. The number of amides is 2. The van der Waals surface area contributed by atoms with Crippen LogP contribution in [0.2, 0.25) is 0 Å². The number of hydrogen-bond acceptors (Lipinski definition) is 11. The van der Waals surface area contributed by atoms with Crippen LogP contribution < -0.4 is 10.6 Å². The van der Waals surface area contributed by atoms with E-state index in [0.717, 1.165) is 69.0 Å². The van der Waals surface area contributed by atoms with E-state index in [9.17, 15) is 19.8 Å². The van der Waals surface area contributed by atoms with Gasteiger partial charge in [-0.15, -0.1) is 0 Å². The van der Waals surface area contributed by atoms with Gasteiger partial charge in [-0.05, 0) is 60.6 Å². The van der Waals surface area contributed by atoms with E-state index in [1.807, 2.05) is 55.0 Å². The molecule has 50 heavy (non-hydrogen) atoms. The molecule has 4 heterocycles. The Morgan fingerprint density at radius 2 is 1.34 bits per heavy atom. The topological polar surface area (TPSA) is 173 Å². The SMILES string of the molecule is CCN(CCN(Cc1ccccn1)Cc1ccccn1)Cc1ccccn1.CO.O=CNc1ccc(CC(=O)N[C@@H]2C[C@H](O)COC2O)cc1. The van der Waals surface area contributed by atoms with E-state index in [4.69, 9.17) is 9.84 Å². The van der Waals surface area contributed by atoms with Crippen molar-refractivity contribution in [3.8, 4) is 0 Å². The van der Waals surface area contributed by atoms with Gasteiger partial charge in [0.1, 0.15) is 0 Å². The largest absolute Gasteiger partial charge is 0.400 e. The van der Waals surface area contributed by atoms with E-state index in [1.54, 1.807) is 24.3 Å². The summed E-state index contributed by atoms with van der Waals surface area (Å²) in [5.74, 6) is -0.271. The van der Waals surface area contributed by atoms with E-state index >= 15 is 0 Å². The third-order valence-electron chi connectivity index (χ3n) is 7.74. The molecule has 3 atom stereocenters. The van der Waals surface area contributed by atoms with Crippen LogP contribution in [0.4, 0.5) is 5.69 Å². The number of nitrogens with zero attached hydrogens (tertiary/aromatic N) is 5. The highest BCUT2D eigenvalue weighted by atomic mass is 16.6. The summed E-state index contributed by atoms with van der Waals surface area (Å²) in [7, 11) is 1.00. The van der Waals surface area contributed by atoms with Gasteiger partial charge in [0.05, 0.1) is 42.3 Å². The lowest BCUT2D eigenvalue weighted by Crippen LogP contribution is -2.51. The van der Waals surface area contributed by atoms with Gasteiger partial charge < -0.3 is 30.7 Å². The zero-order valence-corrected chi connectivity index (χ0v) is 28.7. The van der Waals surface area contributed by atoms with Crippen molar-refractivity contribution >= 4 is 18.0 Å². The van der Waals surface area contributed by atoms with Gasteiger partial charge in [0, 0.05) is 70.5 Å². The van der Waals surface area contributed by atoms with Gasteiger partial charge in [-0.25, -0.2) is 0 Å². The van der Waals surface area contributed by atoms with Crippen molar-refractivity contribution in [2.75, 3.05) is 38.7 Å². The molecule has 1 aliphatic rings. The van der Waals surface area contributed by atoms with Gasteiger partial charge in [0.15, 0.2) is 6.29 Å². The highest BCUT2D eigenvalue weighted by molar-refractivity contribution is 5.79. The minimum atomic E-state index is -1.10. The molecule has 13 nitrogen and oxygen atoms in total. The number of ether oxygens (including phenoxy) is 1. The van der Waals surface area contributed by atoms with E-state index in [1.165, 1.54) is 0 Å². The van der Waals surface area contributed by atoms with Crippen molar-refractivity contribution in [2.45, 2.75) is 57.8 Å². The molecule has 3 aromatic heterocycles. The Kier molecular flexibility index (Phi) is 18.2. The average Bonchev–Trinajstić information content (AvgIpc) is 3.15. The number of likely N-dealkylation sites (N-methyl/N-ethyl adjacent to an activating group) is 1. The number of nitrogens with one attached hydrogen (secondary N) is 2. The maximum absolute atomic E-state index is 11.9. The van der Waals surface area contributed by atoms with Gasteiger partial charge in [0.2, 0.25) is 12.3 Å². The molecule has 4 aromatic rings. The third-order valence-corrected chi connectivity index (χ3v) is 7.74. The molecule has 0 radical (unpaired) electrons. The average molecular weight is 688 g/mol. The maximum atomic E-state index is 11.9. The summed E-state index contributed by atoms with van der Waals surface area (Å²) in [6.45, 7) is 7.71. The summed E-state index contributed by atoms with van der Waals surface area (Å²) >= 11 is 0. The fraction of sp³-hybridized carbons (Fsp3) is 0.378. The molecule has 0 bridgehead atoms. The summed E-state index contributed by atoms with van der Waals surface area (Å²) in [4.78, 5) is 40.5. The number of pyridine rings is 3. The quantitative estimate of drug-likeness (QED) is 0.116. The van der Waals surface area contributed by atoms with Crippen molar-refractivity contribution in [1.29, 1.82) is 0 Å². The molecule has 0 spiro atoms. The lowest BCUT2D eigenvalue weighted by atomic mass is 10.1. The van der Waals surface area contributed by atoms with Gasteiger partial charge >= 0.3 is 0 Å². The second-order valence-electron chi connectivity index (χ2n) is 11.5. The van der Waals surface area contributed by atoms with Crippen LogP contribution in [0.5, 0.6) is 0 Å². The Labute approximate surface area is 294 Å². The normalized spacial score (nSPS) is 16.7. The van der Waals surface area contributed by atoms with E-state index in [-0.39, 0.29) is 25.4 Å². The predicted octanol–water partition coefficient (Wildman–Crippen LogP) is 2.39. The van der Waals surface area contributed by atoms with Crippen molar-refractivity contribution in [1.82, 2.24) is 30.1 Å². The van der Waals surface area contributed by atoms with Crippen molar-refractivity contribution in [2.24, 2.45) is 0 Å². The van der Waals surface area contributed by atoms with Gasteiger partial charge in [0.25, 0.3) is 0 Å². The molecule has 0 aliphatic carbocycles. The Morgan fingerprint density at radius 1 is 0.820 bits per heavy atom. The van der Waals surface area contributed by atoms with E-state index in [2.05, 4.69) is 60.5 Å². The number of aliphatic hydroxyl groups excluding tert-OH is 3. The molecule has 268 valence electrons. The lowest BCUT2D eigenvalue weighted by molar-refractivity contribution is -0.175. The smallest absolute Gasteiger partial charge is 0.224 e. The maximum Gasteiger partial charge on any atom is 0.224 e. The summed E-state index contributed by atoms with van der Waals surface area (Å²) in [6.07, 6.45) is 4.76. The fourth-order valence-corrected chi connectivity index (χ4v) is 5.17. The first-order valence-corrected chi connectivity index (χ1v) is 16.6. The molecule has 1 fully saturated rings. The van der Waals surface area contributed by atoms with Crippen LogP contribution in [0.3, 0.4) is 0 Å². The summed E-state index contributed by atoms with van der Waals surface area (Å²) < 4.78 is 4.95. The molecule has 5 N–H and O–H groups in total. The molecule has 1 aromatic carbocycles. The number of hydrogen-bond donors (Lipinski definition) is 5. The number of rotatable bonds is 15. The Hall–Kier alpha value is -4.63. The number of carbonyl (C=O) groups is 2. The van der Waals surface area contributed by atoms with Crippen LogP contribution in [-0.2, 0) is 40.4 Å². The number of aliphatic hydroxyl groups is 3. The Balaban J connectivity index is 0.000000265. The lowest BCUT2D eigenvalue weighted by Gasteiger charge is -2.31. The molecule has 1 unspecified atom stereocenters. The van der Waals surface area contributed by atoms with Crippen LogP contribution in [0.1, 0.15) is 36.0 Å². The zero-order valence-electron chi connectivity index (χ0n) is 28.7. The highest BCUT2D eigenvalue weighted by Crippen LogP contribution is 2.14. The van der Waals surface area contributed by atoms with E-state index in [0.29, 0.717) is 12.1 Å². The molecule has 1 aliphatic heterocycles. The van der Waals surface area contributed by atoms with Crippen molar-refractivity contribution in [3.05, 3.63) is 120 Å². The Morgan fingerprint density at radius 3 is 1.82 bits per heavy atom. The summed E-state index contributed by atoms with van der Waals surface area (Å²) in [5, 5.41) is 31.2. The number of carbonyl (C=O) groups excluding carboxylic acids is 2. The minimum Gasteiger partial charge on any atom is -0.400 e. The van der Waals surface area contributed by atoms with Gasteiger partial charge in [-0.2, -0.15) is 0 Å². The number of anilines is 1. The highest BCUT2D eigenvalue weighted by Gasteiger charge is 2.30. The predicted molar refractivity (Wildman–Crippen MR) is 190 cm³/mol. The van der Waals surface area contributed by atoms with Crippen LogP contribution >= 0.6 is 0 Å².